The zero-order valence-corrected chi connectivity index (χ0v) is 10.4. The van der Waals surface area contributed by atoms with E-state index in [-0.39, 0.29) is 17.9 Å². The minimum absolute atomic E-state index is 0.0470. The van der Waals surface area contributed by atoms with Crippen LogP contribution in [0.15, 0.2) is 0 Å². The molecule has 0 unspecified atom stereocenters. The molecule has 0 radical (unpaired) electrons. The summed E-state index contributed by atoms with van der Waals surface area (Å²) in [5.74, 6) is 0.0947. The van der Waals surface area contributed by atoms with Crippen LogP contribution in [-0.4, -0.2) is 43.9 Å². The van der Waals surface area contributed by atoms with E-state index in [0.717, 1.165) is 19.3 Å². The maximum Gasteiger partial charge on any atom is 0.220 e. The van der Waals surface area contributed by atoms with Crippen LogP contribution in [0.2, 0.25) is 0 Å². The molecule has 1 aliphatic carbocycles. The first-order valence-corrected chi connectivity index (χ1v) is 6.38. The standard InChI is InChI=1S/C12H24N2O3/c13-10-12(3-1-4-12)9-11(16)14-5-2-7-17-8-6-15/h15H,1-10,13H2,(H,14,16). The van der Waals surface area contributed by atoms with Gasteiger partial charge in [-0.25, -0.2) is 0 Å². The van der Waals surface area contributed by atoms with Gasteiger partial charge in [-0.3, -0.25) is 4.79 Å². The van der Waals surface area contributed by atoms with Gasteiger partial charge in [-0.1, -0.05) is 6.42 Å². The van der Waals surface area contributed by atoms with Crippen LogP contribution < -0.4 is 11.1 Å². The summed E-state index contributed by atoms with van der Waals surface area (Å²) in [5.41, 5.74) is 5.78. The second-order valence-electron chi connectivity index (χ2n) is 4.77. The molecule has 0 aromatic carbocycles. The van der Waals surface area contributed by atoms with Crippen LogP contribution in [0.5, 0.6) is 0 Å². The summed E-state index contributed by atoms with van der Waals surface area (Å²) in [4.78, 5) is 11.7. The number of carbonyl (C=O) groups is 1. The fourth-order valence-corrected chi connectivity index (χ4v) is 2.10. The number of hydrogen-bond acceptors (Lipinski definition) is 4. The Morgan fingerprint density at radius 1 is 1.41 bits per heavy atom. The van der Waals surface area contributed by atoms with Crippen molar-refractivity contribution >= 4 is 5.91 Å². The van der Waals surface area contributed by atoms with E-state index in [1.165, 1.54) is 6.42 Å². The van der Waals surface area contributed by atoms with E-state index in [1.807, 2.05) is 0 Å². The van der Waals surface area contributed by atoms with Gasteiger partial charge >= 0.3 is 0 Å². The maximum absolute atomic E-state index is 11.7. The second-order valence-corrected chi connectivity index (χ2v) is 4.77. The van der Waals surface area contributed by atoms with Crippen molar-refractivity contribution in [3.05, 3.63) is 0 Å². The van der Waals surface area contributed by atoms with Crippen molar-refractivity contribution in [1.29, 1.82) is 0 Å². The van der Waals surface area contributed by atoms with Gasteiger partial charge in [0.15, 0.2) is 0 Å². The highest BCUT2D eigenvalue weighted by Crippen LogP contribution is 2.42. The number of hydrogen-bond donors (Lipinski definition) is 3. The summed E-state index contributed by atoms with van der Waals surface area (Å²) >= 11 is 0. The molecule has 0 spiro atoms. The number of nitrogens with one attached hydrogen (secondary N) is 1. The minimum Gasteiger partial charge on any atom is -0.394 e. The van der Waals surface area contributed by atoms with Crippen LogP contribution >= 0.6 is 0 Å². The van der Waals surface area contributed by atoms with Crippen LogP contribution in [0, 0.1) is 5.41 Å². The van der Waals surface area contributed by atoms with Crippen molar-refractivity contribution in [3.8, 4) is 0 Å². The molecule has 0 atom stereocenters. The van der Waals surface area contributed by atoms with Crippen LogP contribution in [0.4, 0.5) is 0 Å². The largest absolute Gasteiger partial charge is 0.394 e. The molecular weight excluding hydrogens is 220 g/mol. The van der Waals surface area contributed by atoms with Crippen LogP contribution in [0.3, 0.4) is 0 Å². The number of ether oxygens (including phenoxy) is 1. The Hall–Kier alpha value is -0.650. The van der Waals surface area contributed by atoms with E-state index in [1.54, 1.807) is 0 Å². The van der Waals surface area contributed by atoms with Gasteiger partial charge in [0.2, 0.25) is 5.91 Å². The second kappa shape index (κ2) is 7.63. The molecule has 0 aromatic heterocycles. The van der Waals surface area contributed by atoms with Gasteiger partial charge in [0.25, 0.3) is 0 Å². The normalized spacial score (nSPS) is 17.5. The number of amides is 1. The molecule has 1 fully saturated rings. The molecule has 4 N–H and O–H groups in total. The van der Waals surface area contributed by atoms with Gasteiger partial charge < -0.3 is 20.9 Å². The molecule has 1 amide bonds. The van der Waals surface area contributed by atoms with E-state index in [9.17, 15) is 4.79 Å². The summed E-state index contributed by atoms with van der Waals surface area (Å²) in [6, 6.07) is 0. The van der Waals surface area contributed by atoms with E-state index < -0.39 is 0 Å². The zero-order valence-electron chi connectivity index (χ0n) is 10.4. The lowest BCUT2D eigenvalue weighted by molar-refractivity contribution is -0.124. The minimum atomic E-state index is 0.0470. The van der Waals surface area contributed by atoms with E-state index >= 15 is 0 Å². The fraction of sp³-hybridized carbons (Fsp3) is 0.917. The van der Waals surface area contributed by atoms with Gasteiger partial charge in [-0.15, -0.1) is 0 Å². The van der Waals surface area contributed by atoms with Crippen molar-refractivity contribution in [3.63, 3.8) is 0 Å². The quantitative estimate of drug-likeness (QED) is 0.499. The molecule has 1 aliphatic rings. The Labute approximate surface area is 103 Å². The van der Waals surface area contributed by atoms with Crippen LogP contribution in [0.25, 0.3) is 0 Å². The summed E-state index contributed by atoms with van der Waals surface area (Å²) in [5, 5.41) is 11.4. The number of carbonyl (C=O) groups excluding carboxylic acids is 1. The Bertz CT molecular complexity index is 224. The lowest BCUT2D eigenvalue weighted by Gasteiger charge is -2.40. The van der Waals surface area contributed by atoms with E-state index in [2.05, 4.69) is 5.32 Å². The molecule has 0 saturated heterocycles. The Kier molecular flexibility index (Phi) is 6.47. The molecule has 5 nitrogen and oxygen atoms in total. The third kappa shape index (κ3) is 5.02. The molecule has 5 heteroatoms. The average molecular weight is 244 g/mol. The Morgan fingerprint density at radius 2 is 2.18 bits per heavy atom. The summed E-state index contributed by atoms with van der Waals surface area (Å²) in [6.07, 6.45) is 4.69. The highest BCUT2D eigenvalue weighted by atomic mass is 16.5. The zero-order chi connectivity index (χ0) is 12.6. The Balaban J connectivity index is 2.01. The van der Waals surface area contributed by atoms with E-state index in [4.69, 9.17) is 15.6 Å². The summed E-state index contributed by atoms with van der Waals surface area (Å²) < 4.78 is 5.10. The van der Waals surface area contributed by atoms with Crippen molar-refractivity contribution in [1.82, 2.24) is 5.32 Å². The van der Waals surface area contributed by atoms with Crippen molar-refractivity contribution < 1.29 is 14.6 Å². The lowest BCUT2D eigenvalue weighted by atomic mass is 9.66. The first kappa shape index (κ1) is 14.4. The predicted octanol–water partition coefficient (Wildman–Crippen LogP) is 0.0207. The van der Waals surface area contributed by atoms with Crippen molar-refractivity contribution in [2.75, 3.05) is 32.9 Å². The first-order valence-electron chi connectivity index (χ1n) is 6.38. The number of nitrogens with two attached hydrogens (primary N) is 1. The van der Waals surface area contributed by atoms with Crippen LogP contribution in [-0.2, 0) is 9.53 Å². The third-order valence-corrected chi connectivity index (χ3v) is 3.41. The summed E-state index contributed by atoms with van der Waals surface area (Å²) in [7, 11) is 0. The van der Waals surface area contributed by atoms with Gasteiger partial charge in [0.1, 0.15) is 0 Å². The van der Waals surface area contributed by atoms with Crippen molar-refractivity contribution in [2.24, 2.45) is 11.1 Å². The lowest BCUT2D eigenvalue weighted by Crippen LogP contribution is -2.42. The molecule has 100 valence electrons. The molecule has 1 rings (SSSR count). The molecule has 0 heterocycles. The first-order chi connectivity index (χ1) is 8.22. The maximum atomic E-state index is 11.7. The fourth-order valence-electron chi connectivity index (χ4n) is 2.10. The molecule has 0 bridgehead atoms. The molecular formula is C12H24N2O3. The number of aliphatic hydroxyl groups excluding tert-OH is 1. The summed E-state index contributed by atoms with van der Waals surface area (Å²) in [6.45, 7) is 2.23. The highest BCUT2D eigenvalue weighted by Gasteiger charge is 2.37. The Morgan fingerprint density at radius 3 is 2.71 bits per heavy atom. The smallest absolute Gasteiger partial charge is 0.220 e. The number of rotatable bonds is 9. The SMILES string of the molecule is NCC1(CC(=O)NCCCOCCO)CCC1. The average Bonchev–Trinajstić information content (AvgIpc) is 2.28. The topological polar surface area (TPSA) is 84.6 Å². The van der Waals surface area contributed by atoms with Gasteiger partial charge in [-0.05, 0) is 31.2 Å². The molecule has 0 aliphatic heterocycles. The molecule has 0 aromatic rings. The number of aliphatic hydroxyl groups is 1. The van der Waals surface area contributed by atoms with E-state index in [0.29, 0.717) is 32.7 Å². The van der Waals surface area contributed by atoms with Gasteiger partial charge in [-0.2, -0.15) is 0 Å². The molecule has 1 saturated carbocycles. The highest BCUT2D eigenvalue weighted by molar-refractivity contribution is 5.76. The van der Waals surface area contributed by atoms with Gasteiger partial charge in [0, 0.05) is 19.6 Å². The monoisotopic (exact) mass is 244 g/mol. The van der Waals surface area contributed by atoms with Crippen LogP contribution in [0.1, 0.15) is 32.1 Å². The molecule has 17 heavy (non-hydrogen) atoms. The van der Waals surface area contributed by atoms with Crippen molar-refractivity contribution in [2.45, 2.75) is 32.1 Å². The van der Waals surface area contributed by atoms with Gasteiger partial charge in [0.05, 0.1) is 13.2 Å². The predicted molar refractivity (Wildman–Crippen MR) is 65.5 cm³/mol. The third-order valence-electron chi connectivity index (χ3n) is 3.41.